The van der Waals surface area contributed by atoms with Crippen LogP contribution in [0.4, 0.5) is 5.82 Å². The molecule has 0 radical (unpaired) electrons. The minimum atomic E-state index is 0.761. The van der Waals surface area contributed by atoms with E-state index in [-0.39, 0.29) is 0 Å². The van der Waals surface area contributed by atoms with Crippen molar-refractivity contribution in [3.8, 4) is 11.3 Å². The number of benzene rings is 1. The van der Waals surface area contributed by atoms with E-state index in [4.69, 9.17) is 5.84 Å². The van der Waals surface area contributed by atoms with Crippen molar-refractivity contribution < 1.29 is 0 Å². The van der Waals surface area contributed by atoms with Crippen LogP contribution in [0.5, 0.6) is 0 Å². The van der Waals surface area contributed by atoms with E-state index in [0.29, 0.717) is 0 Å². The fourth-order valence-corrected chi connectivity index (χ4v) is 1.39. The average Bonchev–Trinajstić information content (AvgIpc) is 2.30. The predicted octanol–water partition coefficient (Wildman–Crippen LogP) is 2.06. The van der Waals surface area contributed by atoms with Gasteiger partial charge in [0.2, 0.25) is 0 Å². The third-order valence-corrected chi connectivity index (χ3v) is 2.17. The molecule has 0 bridgehead atoms. The molecule has 1 heterocycles. The second-order valence-corrected chi connectivity index (χ2v) is 3.36. The molecule has 2 rings (SSSR count). The lowest BCUT2D eigenvalue weighted by molar-refractivity contribution is 0.979. The number of hydrazine groups is 1. The molecule has 2 aromatic rings. The molecule has 15 heavy (non-hydrogen) atoms. The predicted molar refractivity (Wildman–Crippen MR) is 62.3 cm³/mol. The largest absolute Gasteiger partial charge is 0.298 e. The fourth-order valence-electron chi connectivity index (χ4n) is 1.39. The monoisotopic (exact) mass is 199 g/mol. The van der Waals surface area contributed by atoms with Crippen LogP contribution >= 0.6 is 0 Å². The lowest BCUT2D eigenvalue weighted by atomic mass is 10.1. The summed E-state index contributed by atoms with van der Waals surface area (Å²) < 4.78 is 0. The molecule has 0 spiro atoms. The molecule has 0 fully saturated rings. The summed E-state index contributed by atoms with van der Waals surface area (Å²) in [5.41, 5.74) is 2.03. The maximum absolute atomic E-state index is 5.63. The lowest BCUT2D eigenvalue weighted by Crippen LogP contribution is -2.25. The van der Waals surface area contributed by atoms with Crippen LogP contribution < -0.4 is 10.9 Å². The van der Waals surface area contributed by atoms with Gasteiger partial charge < -0.3 is 0 Å². The minimum Gasteiger partial charge on any atom is -0.298 e. The zero-order chi connectivity index (χ0) is 10.7. The Kier molecular flexibility index (Phi) is 2.65. The summed E-state index contributed by atoms with van der Waals surface area (Å²) in [6, 6.07) is 15.8. The molecule has 2 N–H and O–H groups in total. The number of rotatable bonds is 2. The highest BCUT2D eigenvalue weighted by molar-refractivity contribution is 5.61. The van der Waals surface area contributed by atoms with Crippen molar-refractivity contribution in [3.63, 3.8) is 0 Å². The fraction of sp³-hybridized carbons (Fsp3) is 0.0833. The maximum atomic E-state index is 5.63. The van der Waals surface area contributed by atoms with Crippen molar-refractivity contribution in [1.82, 2.24) is 4.98 Å². The van der Waals surface area contributed by atoms with Crippen LogP contribution in [0.15, 0.2) is 48.5 Å². The number of nitrogens with zero attached hydrogens (tertiary/aromatic N) is 2. The molecular weight excluding hydrogens is 186 g/mol. The summed E-state index contributed by atoms with van der Waals surface area (Å²) in [5.74, 6) is 6.39. The quantitative estimate of drug-likeness (QED) is 0.594. The highest BCUT2D eigenvalue weighted by Crippen LogP contribution is 2.18. The zero-order valence-electron chi connectivity index (χ0n) is 8.59. The Morgan fingerprint density at radius 1 is 1.00 bits per heavy atom. The van der Waals surface area contributed by atoms with Gasteiger partial charge in [-0.05, 0) is 12.1 Å². The van der Waals surface area contributed by atoms with Gasteiger partial charge in [-0.2, -0.15) is 0 Å². The lowest BCUT2D eigenvalue weighted by Gasteiger charge is -2.11. The first kappa shape index (κ1) is 9.68. The topological polar surface area (TPSA) is 42.1 Å². The van der Waals surface area contributed by atoms with Crippen LogP contribution in [0.1, 0.15) is 0 Å². The van der Waals surface area contributed by atoms with E-state index < -0.39 is 0 Å². The zero-order valence-corrected chi connectivity index (χ0v) is 8.59. The smallest absolute Gasteiger partial charge is 0.142 e. The Bertz CT molecular complexity index is 438. The molecule has 0 atom stereocenters. The van der Waals surface area contributed by atoms with Gasteiger partial charge in [0.05, 0.1) is 5.69 Å². The highest BCUT2D eigenvalue weighted by atomic mass is 15.4. The van der Waals surface area contributed by atoms with Crippen molar-refractivity contribution in [2.45, 2.75) is 0 Å². The van der Waals surface area contributed by atoms with Gasteiger partial charge in [0.1, 0.15) is 5.82 Å². The van der Waals surface area contributed by atoms with E-state index in [9.17, 15) is 0 Å². The molecule has 0 aliphatic heterocycles. The number of nitrogens with two attached hydrogens (primary N) is 1. The molecule has 0 saturated carbocycles. The van der Waals surface area contributed by atoms with Crippen LogP contribution in [0.2, 0.25) is 0 Å². The molecular formula is C12H13N3. The normalized spacial score (nSPS) is 10.0. The molecule has 0 aliphatic carbocycles. The van der Waals surface area contributed by atoms with Gasteiger partial charge in [0.25, 0.3) is 0 Å². The number of pyridine rings is 1. The maximum Gasteiger partial charge on any atom is 0.142 e. The van der Waals surface area contributed by atoms with E-state index in [0.717, 1.165) is 17.1 Å². The van der Waals surface area contributed by atoms with Gasteiger partial charge in [-0.1, -0.05) is 36.4 Å². The SMILES string of the molecule is CN(N)c1cccc(-c2ccccc2)n1. The number of anilines is 1. The van der Waals surface area contributed by atoms with Gasteiger partial charge in [-0.15, -0.1) is 0 Å². The first-order chi connectivity index (χ1) is 7.27. The van der Waals surface area contributed by atoms with Crippen molar-refractivity contribution in [2.75, 3.05) is 12.1 Å². The van der Waals surface area contributed by atoms with Gasteiger partial charge in [-0.25, -0.2) is 10.8 Å². The molecule has 0 aliphatic rings. The molecule has 1 aromatic heterocycles. The Labute approximate surface area is 89.1 Å². The van der Waals surface area contributed by atoms with E-state index in [1.165, 1.54) is 5.01 Å². The molecule has 3 nitrogen and oxygen atoms in total. The first-order valence-electron chi connectivity index (χ1n) is 4.78. The Hall–Kier alpha value is -1.87. The number of aromatic nitrogens is 1. The number of hydrogen-bond acceptors (Lipinski definition) is 3. The Morgan fingerprint density at radius 3 is 2.40 bits per heavy atom. The summed E-state index contributed by atoms with van der Waals surface area (Å²) in [5, 5.41) is 1.51. The Balaban J connectivity index is 2.42. The van der Waals surface area contributed by atoms with Crippen LogP contribution in [0, 0.1) is 0 Å². The molecule has 0 unspecified atom stereocenters. The van der Waals surface area contributed by atoms with Crippen molar-refractivity contribution >= 4 is 5.82 Å². The summed E-state index contributed by atoms with van der Waals surface area (Å²) in [6.45, 7) is 0. The van der Waals surface area contributed by atoms with Crippen molar-refractivity contribution in [1.29, 1.82) is 0 Å². The minimum absolute atomic E-state index is 0.761. The van der Waals surface area contributed by atoms with Gasteiger partial charge in [-0.3, -0.25) is 5.01 Å². The summed E-state index contributed by atoms with van der Waals surface area (Å²) in [7, 11) is 1.77. The van der Waals surface area contributed by atoms with Crippen LogP contribution in [-0.4, -0.2) is 12.0 Å². The summed E-state index contributed by atoms with van der Waals surface area (Å²) in [4.78, 5) is 4.44. The molecule has 1 aromatic carbocycles. The molecule has 3 heteroatoms. The van der Waals surface area contributed by atoms with E-state index >= 15 is 0 Å². The number of hydrogen-bond donors (Lipinski definition) is 1. The third kappa shape index (κ3) is 2.14. The third-order valence-electron chi connectivity index (χ3n) is 2.17. The van der Waals surface area contributed by atoms with E-state index in [1.54, 1.807) is 7.05 Å². The summed E-state index contributed by atoms with van der Waals surface area (Å²) >= 11 is 0. The average molecular weight is 199 g/mol. The van der Waals surface area contributed by atoms with Gasteiger partial charge in [0.15, 0.2) is 0 Å². The van der Waals surface area contributed by atoms with Gasteiger partial charge in [0, 0.05) is 12.6 Å². The Morgan fingerprint density at radius 2 is 1.73 bits per heavy atom. The summed E-state index contributed by atoms with van der Waals surface area (Å²) in [6.07, 6.45) is 0. The van der Waals surface area contributed by atoms with Crippen molar-refractivity contribution in [3.05, 3.63) is 48.5 Å². The van der Waals surface area contributed by atoms with Crippen LogP contribution in [0.3, 0.4) is 0 Å². The van der Waals surface area contributed by atoms with E-state index in [1.807, 2.05) is 48.5 Å². The standard InChI is InChI=1S/C12H13N3/c1-15(13)12-9-5-8-11(14-12)10-6-3-2-4-7-10/h2-9H,13H2,1H3. The van der Waals surface area contributed by atoms with Crippen LogP contribution in [0.25, 0.3) is 11.3 Å². The molecule has 0 saturated heterocycles. The molecule has 0 amide bonds. The van der Waals surface area contributed by atoms with Gasteiger partial charge >= 0.3 is 0 Å². The molecule has 76 valence electrons. The van der Waals surface area contributed by atoms with Crippen LogP contribution in [-0.2, 0) is 0 Å². The highest BCUT2D eigenvalue weighted by Gasteiger charge is 2.01. The van der Waals surface area contributed by atoms with Crippen molar-refractivity contribution in [2.24, 2.45) is 5.84 Å². The second-order valence-electron chi connectivity index (χ2n) is 3.36. The second kappa shape index (κ2) is 4.11. The first-order valence-corrected chi connectivity index (χ1v) is 4.78. The van der Waals surface area contributed by atoms with E-state index in [2.05, 4.69) is 4.98 Å².